The summed E-state index contributed by atoms with van der Waals surface area (Å²) in [6, 6.07) is 0. The van der Waals surface area contributed by atoms with E-state index in [1.54, 1.807) is 0 Å². The molecule has 0 bridgehead atoms. The van der Waals surface area contributed by atoms with Crippen LogP contribution < -0.4 is 16.4 Å². The van der Waals surface area contributed by atoms with Crippen molar-refractivity contribution in [3.8, 4) is 0 Å². The maximum Gasteiger partial charge on any atom is 0.481 e. The second-order valence-corrected chi connectivity index (χ2v) is 20.5. The summed E-state index contributed by atoms with van der Waals surface area (Å²) in [7, 11) is -16.2. The zero-order valence-electron chi connectivity index (χ0n) is 29.9. The molecule has 2 aromatic heterocycles. The molecule has 2 unspecified atom stereocenters. The second-order valence-electron chi connectivity index (χ2n) is 12.7. The van der Waals surface area contributed by atoms with Gasteiger partial charge in [-0.15, -0.1) is 0 Å². The number of phosphoric ester groups is 3. The Morgan fingerprint density at radius 2 is 1.73 bits per heavy atom. The average molecular weight is 885 g/mol. The number of phosphoric acid groups is 3. The Labute approximate surface area is 321 Å². The molecule has 2 amide bonds. The molecule has 2 aromatic rings. The van der Waals surface area contributed by atoms with E-state index in [0.717, 1.165) is 34.7 Å². The van der Waals surface area contributed by atoms with Crippen LogP contribution in [0, 0.1) is 5.41 Å². The van der Waals surface area contributed by atoms with Crippen LogP contribution >= 0.6 is 35.2 Å². The number of fused-ring (bicyclic) bond motifs is 1. The summed E-state index contributed by atoms with van der Waals surface area (Å²) in [5, 5.41) is 26.4. The third-order valence-electron chi connectivity index (χ3n) is 7.48. The van der Waals surface area contributed by atoms with E-state index in [-0.39, 0.29) is 52.5 Å². The first-order valence-electron chi connectivity index (χ1n) is 16.0. The number of nitrogens with one attached hydrogen (secondary N) is 2. The van der Waals surface area contributed by atoms with Crippen molar-refractivity contribution in [1.82, 2.24) is 30.2 Å². The van der Waals surface area contributed by atoms with E-state index < -0.39 is 84.6 Å². The molecule has 0 saturated carbocycles. The van der Waals surface area contributed by atoms with Gasteiger partial charge in [0, 0.05) is 30.7 Å². The maximum atomic E-state index is 12.7. The fraction of sp³-hybridized carbons (Fsp3) is 0.692. The number of aliphatic hydroxyl groups excluding tert-OH is 2. The lowest BCUT2D eigenvalue weighted by molar-refractivity contribution is -0.137. The van der Waals surface area contributed by atoms with Crippen LogP contribution in [0.3, 0.4) is 0 Å². The van der Waals surface area contributed by atoms with Gasteiger partial charge in [-0.3, -0.25) is 32.5 Å². The number of rotatable bonds is 22. The van der Waals surface area contributed by atoms with Gasteiger partial charge in [-0.05, 0) is 10.9 Å². The normalized spacial score (nSPS) is 21.9. The van der Waals surface area contributed by atoms with E-state index in [9.17, 15) is 57.9 Å². The van der Waals surface area contributed by atoms with Gasteiger partial charge in [0.2, 0.25) is 11.8 Å². The summed E-state index contributed by atoms with van der Waals surface area (Å²) in [5.41, 5.74) is 4.27. The highest BCUT2D eigenvalue weighted by Crippen LogP contribution is 2.61. The molecule has 0 aromatic carbocycles. The van der Waals surface area contributed by atoms with Gasteiger partial charge in [-0.25, -0.2) is 28.6 Å². The van der Waals surface area contributed by atoms with Crippen LogP contribution in [0.4, 0.5) is 5.82 Å². The van der Waals surface area contributed by atoms with Crippen molar-refractivity contribution in [2.45, 2.75) is 57.3 Å². The Morgan fingerprint density at radius 1 is 1.05 bits per heavy atom. The van der Waals surface area contributed by atoms with Gasteiger partial charge in [0.1, 0.15) is 42.0 Å². The molecule has 1 fully saturated rings. The van der Waals surface area contributed by atoms with Gasteiger partial charge < -0.3 is 50.9 Å². The first-order chi connectivity index (χ1) is 25.4. The highest BCUT2D eigenvalue weighted by Gasteiger charge is 2.50. The number of thioether (sulfide) groups is 1. The molecule has 0 radical (unpaired) electrons. The lowest BCUT2D eigenvalue weighted by Gasteiger charge is -2.30. The van der Waals surface area contributed by atoms with Gasteiger partial charge in [0.25, 0.3) is 0 Å². The molecule has 1 aliphatic heterocycles. The largest absolute Gasteiger partial charge is 0.481 e. The highest BCUT2D eigenvalue weighted by atomic mass is 32.2. The van der Waals surface area contributed by atoms with E-state index in [1.807, 2.05) is 12.5 Å². The number of nitrogens with two attached hydrogens (primary N) is 1. The summed E-state index contributed by atoms with van der Waals surface area (Å²) in [4.78, 5) is 87.3. The molecule has 1 aliphatic rings. The Kier molecular flexibility index (Phi) is 17.2. The first-order valence-corrected chi connectivity index (χ1v) is 23.7. The van der Waals surface area contributed by atoms with Crippen LogP contribution in [-0.4, -0.2) is 141 Å². The second kappa shape index (κ2) is 20.1. The minimum atomic E-state index is -5.56. The average Bonchev–Trinajstić information content (AvgIpc) is 3.63. The minimum Gasteiger partial charge on any atom is -0.386 e. The Morgan fingerprint density at radius 3 is 2.38 bits per heavy atom. The number of anilines is 1. The quantitative estimate of drug-likeness (QED) is 0.0386. The number of hydrogen-bond acceptors (Lipinski definition) is 18. The number of aliphatic hydroxyl groups is 2. The maximum absolute atomic E-state index is 12.7. The highest BCUT2D eigenvalue weighted by molar-refractivity contribution is 8.13. The van der Waals surface area contributed by atoms with E-state index in [0.29, 0.717) is 12.2 Å². The summed E-state index contributed by atoms with van der Waals surface area (Å²) in [5.74, 6) is -0.248. The van der Waals surface area contributed by atoms with Crippen LogP contribution in [-0.2, 0) is 61.6 Å². The minimum absolute atomic E-state index is 0.0318. The molecule has 0 aliphatic carbocycles. The zero-order valence-corrected chi connectivity index (χ0v) is 34.2. The number of amides is 2. The van der Waals surface area contributed by atoms with Crippen molar-refractivity contribution in [3.05, 3.63) is 12.7 Å². The van der Waals surface area contributed by atoms with Crippen LogP contribution in [0.1, 0.15) is 32.9 Å². The van der Waals surface area contributed by atoms with Crippen LogP contribution in [0.5, 0.6) is 0 Å². The number of nitrogen functional groups attached to an aromatic ring is 1. The van der Waals surface area contributed by atoms with E-state index in [4.69, 9.17) is 19.5 Å². The number of nitrogens with zero attached hydrogens (tertiary/aromatic N) is 4. The van der Waals surface area contributed by atoms with Gasteiger partial charge in [0.15, 0.2) is 22.8 Å². The van der Waals surface area contributed by atoms with E-state index in [2.05, 4.69) is 34.4 Å². The fourth-order valence-electron chi connectivity index (χ4n) is 4.65. The molecule has 55 heavy (non-hydrogen) atoms. The molecule has 3 heterocycles. The third-order valence-corrected chi connectivity index (χ3v) is 12.5. The van der Waals surface area contributed by atoms with Crippen molar-refractivity contribution in [1.29, 1.82) is 0 Å². The molecule has 0 spiro atoms. The van der Waals surface area contributed by atoms with Crippen molar-refractivity contribution in [2.24, 2.45) is 5.41 Å². The smallest absolute Gasteiger partial charge is 0.386 e. The molecule has 312 valence electrons. The molecule has 29 heteroatoms. The van der Waals surface area contributed by atoms with Crippen LogP contribution in [0.2, 0.25) is 0 Å². The van der Waals surface area contributed by atoms with E-state index >= 15 is 0 Å². The lowest BCUT2D eigenvalue weighted by atomic mass is 9.87. The SMILES string of the molecule is C[S+](C)CCC(=O)SCCNC(=O)CCNC(=O)[C@H](O)C(C)(C)COP(=O)(O)OP(=O)(O)OC[C@H]1O[C@@H](n2cnc3c(N)ncnc32)[C@H](O)[C@@H]1OP(=O)(O)O. The molecular formula is C26H45N7O17P3S2+. The predicted octanol–water partition coefficient (Wildman–Crippen LogP) is -1.07. The Balaban J connectivity index is 1.49. The standard InChI is InChI=1S/C26H44N7O17P3S2/c1-26(2,21(37)24(38)29-7-5-16(34)28-8-9-54-17(35)6-10-55(3)4)12-47-53(44,45)50-52(42,43)46-11-15-20(49-51(39,40)41)19(36)25(48-15)33-14-32-18-22(27)30-13-31-23(18)33/h13-15,19-21,25,36-37H,5-12H2,1-4H3,(H7-,27,28,29,30,31,34,38,39,40,41,42,43,44,45)/p+1/t15-,19-,20-,21+,25-/m1/s1. The number of hydrogen-bond donors (Lipinski definition) is 9. The number of aromatic nitrogens is 4. The molecular weight excluding hydrogens is 839 g/mol. The lowest BCUT2D eigenvalue weighted by Crippen LogP contribution is -2.46. The summed E-state index contributed by atoms with van der Waals surface area (Å²) in [6.45, 7) is 0.545. The zero-order chi connectivity index (χ0) is 41.4. The molecule has 1 saturated heterocycles. The number of imidazole rings is 1. The topological polar surface area (TPSA) is 364 Å². The molecule has 24 nitrogen and oxygen atoms in total. The van der Waals surface area contributed by atoms with Gasteiger partial charge in [-0.2, -0.15) is 4.31 Å². The van der Waals surface area contributed by atoms with Crippen LogP contribution in [0.25, 0.3) is 11.2 Å². The molecule has 7 atom stereocenters. The number of carbonyl (C=O) groups is 3. The van der Waals surface area contributed by atoms with Crippen molar-refractivity contribution < 1.29 is 80.5 Å². The first kappa shape index (κ1) is 47.3. The van der Waals surface area contributed by atoms with Crippen molar-refractivity contribution in [3.63, 3.8) is 0 Å². The van der Waals surface area contributed by atoms with Gasteiger partial charge in [0.05, 0.1) is 38.5 Å². The molecule has 3 rings (SSSR count). The number of carbonyl (C=O) groups excluding carboxylic acids is 3. The monoisotopic (exact) mass is 884 g/mol. The van der Waals surface area contributed by atoms with E-state index in [1.165, 1.54) is 13.8 Å². The Bertz CT molecular complexity index is 1800. The third kappa shape index (κ3) is 15.0. The van der Waals surface area contributed by atoms with Gasteiger partial charge in [-0.1, -0.05) is 25.6 Å². The van der Waals surface area contributed by atoms with Crippen molar-refractivity contribution >= 4 is 80.0 Å². The summed E-state index contributed by atoms with van der Waals surface area (Å²) >= 11 is 1.12. The fourth-order valence-corrected chi connectivity index (χ4v) is 8.88. The van der Waals surface area contributed by atoms with Crippen LogP contribution in [0.15, 0.2) is 12.7 Å². The van der Waals surface area contributed by atoms with Crippen molar-refractivity contribution in [2.75, 3.05) is 56.1 Å². The van der Waals surface area contributed by atoms with Gasteiger partial charge >= 0.3 is 23.5 Å². The Hall–Kier alpha value is -2.09. The number of ether oxygens (including phenoxy) is 1. The summed E-state index contributed by atoms with van der Waals surface area (Å²) < 4.78 is 62.1. The molecule has 10 N–H and O–H groups in total. The predicted molar refractivity (Wildman–Crippen MR) is 196 cm³/mol. The summed E-state index contributed by atoms with van der Waals surface area (Å²) in [6.07, 6.45) is -2.35.